The number of methoxy groups -OCH3 is 1. The van der Waals surface area contributed by atoms with Gasteiger partial charge < -0.3 is 9.47 Å². The first-order valence-electron chi connectivity index (χ1n) is 10.3. The minimum absolute atomic E-state index is 0.218. The first-order valence-corrected chi connectivity index (χ1v) is 12.2. The number of imide groups is 1. The Morgan fingerprint density at radius 3 is 2.50 bits per heavy atom. The highest BCUT2D eigenvalue weighted by Gasteiger charge is 2.35. The van der Waals surface area contributed by atoms with Crippen molar-refractivity contribution in [2.75, 3.05) is 7.11 Å². The predicted molar refractivity (Wildman–Crippen MR) is 140 cm³/mol. The van der Waals surface area contributed by atoms with Crippen LogP contribution in [0.5, 0.6) is 11.5 Å². The third-order valence-electron chi connectivity index (χ3n) is 5.07. The number of hydrogen-bond acceptors (Lipinski definition) is 6. The lowest BCUT2D eigenvalue weighted by Gasteiger charge is -2.12. The number of thioether (sulfide) groups is 1. The summed E-state index contributed by atoms with van der Waals surface area (Å²) < 4.78 is 12.0. The summed E-state index contributed by atoms with van der Waals surface area (Å²) in [6.45, 7) is 2.12. The van der Waals surface area contributed by atoms with Gasteiger partial charge in [-0.2, -0.15) is 0 Å². The Kier molecular flexibility index (Phi) is 7.38. The summed E-state index contributed by atoms with van der Waals surface area (Å²) in [7, 11) is 1.47. The van der Waals surface area contributed by atoms with Crippen LogP contribution in [-0.2, 0) is 11.3 Å². The number of hydrogen-bond donors (Lipinski definition) is 0. The number of benzene rings is 3. The van der Waals surface area contributed by atoms with E-state index in [1.165, 1.54) is 12.0 Å². The number of rotatable bonds is 6. The third kappa shape index (κ3) is 5.51. The van der Waals surface area contributed by atoms with Gasteiger partial charge in [-0.1, -0.05) is 35.9 Å². The van der Waals surface area contributed by atoms with Gasteiger partial charge in [0.1, 0.15) is 0 Å². The molecule has 0 N–H and O–H groups in total. The van der Waals surface area contributed by atoms with E-state index >= 15 is 0 Å². The van der Waals surface area contributed by atoms with Crippen molar-refractivity contribution in [3.63, 3.8) is 0 Å². The molecule has 172 valence electrons. The Hall–Kier alpha value is -3.11. The van der Waals surface area contributed by atoms with Crippen LogP contribution >= 0.6 is 34.4 Å². The molecular formula is C26H20INO5S. The lowest BCUT2D eigenvalue weighted by molar-refractivity contribution is -0.123. The van der Waals surface area contributed by atoms with Crippen molar-refractivity contribution in [2.24, 2.45) is 0 Å². The molecule has 0 atom stereocenters. The van der Waals surface area contributed by atoms with Crippen molar-refractivity contribution >= 4 is 57.5 Å². The van der Waals surface area contributed by atoms with Gasteiger partial charge in [0.2, 0.25) is 0 Å². The van der Waals surface area contributed by atoms with Crippen molar-refractivity contribution < 1.29 is 23.9 Å². The number of amides is 2. The summed E-state index contributed by atoms with van der Waals surface area (Å²) in [4.78, 5) is 39.4. The highest BCUT2D eigenvalue weighted by molar-refractivity contribution is 14.1. The average molecular weight is 585 g/mol. The number of nitrogens with zero attached hydrogens (tertiary/aromatic N) is 1. The smallest absolute Gasteiger partial charge is 0.343 e. The van der Waals surface area contributed by atoms with Crippen molar-refractivity contribution in [3.8, 4) is 11.5 Å². The molecule has 1 heterocycles. The Bertz CT molecular complexity index is 1300. The van der Waals surface area contributed by atoms with E-state index in [0.717, 1.165) is 26.5 Å². The maximum atomic E-state index is 12.9. The Morgan fingerprint density at radius 2 is 1.79 bits per heavy atom. The zero-order valence-electron chi connectivity index (χ0n) is 18.4. The van der Waals surface area contributed by atoms with Crippen LogP contribution < -0.4 is 9.47 Å². The van der Waals surface area contributed by atoms with E-state index in [0.29, 0.717) is 21.8 Å². The zero-order valence-corrected chi connectivity index (χ0v) is 21.4. The lowest BCUT2D eigenvalue weighted by atomic mass is 10.1. The van der Waals surface area contributed by atoms with Gasteiger partial charge in [0.15, 0.2) is 11.5 Å². The van der Waals surface area contributed by atoms with Crippen LogP contribution in [0.15, 0.2) is 71.6 Å². The predicted octanol–water partition coefficient (Wildman–Crippen LogP) is 6.06. The van der Waals surface area contributed by atoms with Gasteiger partial charge >= 0.3 is 5.97 Å². The molecule has 8 heteroatoms. The Labute approximate surface area is 215 Å². The lowest BCUT2D eigenvalue weighted by Crippen LogP contribution is -2.27. The molecule has 0 spiro atoms. The first kappa shape index (κ1) is 24.0. The molecule has 0 aromatic heterocycles. The van der Waals surface area contributed by atoms with Crippen molar-refractivity contribution in [1.29, 1.82) is 0 Å². The molecule has 1 saturated heterocycles. The van der Waals surface area contributed by atoms with Crippen LogP contribution in [0.4, 0.5) is 4.79 Å². The SMILES string of the molecule is COc1cc(/C=C2\SC(=O)N(Cc3ccc(I)cc3)C2=O)ccc1OC(=O)c1cccc(C)c1. The molecule has 34 heavy (non-hydrogen) atoms. The fourth-order valence-corrected chi connectivity index (χ4v) is 4.55. The van der Waals surface area contributed by atoms with E-state index in [1.54, 1.807) is 42.5 Å². The second kappa shape index (κ2) is 10.4. The molecule has 0 aliphatic carbocycles. The van der Waals surface area contributed by atoms with Gasteiger partial charge in [-0.15, -0.1) is 0 Å². The number of esters is 1. The second-order valence-electron chi connectivity index (χ2n) is 7.56. The minimum Gasteiger partial charge on any atom is -0.493 e. The number of aryl methyl sites for hydroxylation is 1. The molecule has 0 bridgehead atoms. The zero-order chi connectivity index (χ0) is 24.2. The van der Waals surface area contributed by atoms with Crippen LogP contribution in [0.3, 0.4) is 0 Å². The standard InChI is InChI=1S/C26H20INO5S/c1-16-4-3-5-19(12-16)25(30)33-21-11-8-18(13-22(21)32-2)14-23-24(29)28(26(31)34-23)15-17-6-9-20(27)10-7-17/h3-14H,15H2,1-2H3/b23-14-. The van der Waals surface area contributed by atoms with E-state index in [1.807, 2.05) is 37.3 Å². The van der Waals surface area contributed by atoms with E-state index in [4.69, 9.17) is 9.47 Å². The summed E-state index contributed by atoms with van der Waals surface area (Å²) in [6.07, 6.45) is 1.63. The molecule has 2 amide bonds. The van der Waals surface area contributed by atoms with E-state index in [2.05, 4.69) is 22.6 Å². The summed E-state index contributed by atoms with van der Waals surface area (Å²) >= 11 is 3.10. The fraction of sp³-hybridized carbons (Fsp3) is 0.115. The number of halogens is 1. The molecule has 1 aliphatic heterocycles. The third-order valence-corrected chi connectivity index (χ3v) is 6.70. The van der Waals surface area contributed by atoms with Gasteiger partial charge in [0.05, 0.1) is 24.1 Å². The second-order valence-corrected chi connectivity index (χ2v) is 9.80. The maximum Gasteiger partial charge on any atom is 0.343 e. The van der Waals surface area contributed by atoms with Gasteiger partial charge in [-0.05, 0) is 94.9 Å². The minimum atomic E-state index is -0.494. The Morgan fingerprint density at radius 1 is 1.03 bits per heavy atom. The van der Waals surface area contributed by atoms with Crippen LogP contribution in [0, 0.1) is 10.5 Å². The molecule has 1 aliphatic rings. The summed E-state index contributed by atoms with van der Waals surface area (Å²) in [5.74, 6) is -0.236. The monoisotopic (exact) mass is 585 g/mol. The van der Waals surface area contributed by atoms with Crippen molar-refractivity contribution in [1.82, 2.24) is 4.90 Å². The number of carbonyl (C=O) groups is 3. The maximum absolute atomic E-state index is 12.9. The topological polar surface area (TPSA) is 72.9 Å². The van der Waals surface area contributed by atoms with Crippen LogP contribution in [0.1, 0.15) is 27.0 Å². The summed E-state index contributed by atoms with van der Waals surface area (Å²) in [6, 6.07) is 19.8. The summed E-state index contributed by atoms with van der Waals surface area (Å²) in [5, 5.41) is -0.314. The van der Waals surface area contributed by atoms with Gasteiger partial charge in [-0.25, -0.2) is 4.79 Å². The average Bonchev–Trinajstić information content (AvgIpc) is 3.08. The molecule has 0 unspecified atom stereocenters. The molecule has 1 fully saturated rings. The highest BCUT2D eigenvalue weighted by atomic mass is 127. The Balaban J connectivity index is 1.51. The van der Waals surface area contributed by atoms with Crippen LogP contribution in [0.2, 0.25) is 0 Å². The van der Waals surface area contributed by atoms with Gasteiger partial charge in [0.25, 0.3) is 11.1 Å². The molecule has 3 aromatic rings. The molecule has 3 aromatic carbocycles. The molecular weight excluding hydrogens is 565 g/mol. The van der Waals surface area contributed by atoms with E-state index in [-0.39, 0.29) is 23.4 Å². The molecule has 6 nitrogen and oxygen atoms in total. The first-order chi connectivity index (χ1) is 16.3. The van der Waals surface area contributed by atoms with Crippen molar-refractivity contribution in [3.05, 3.63) is 97.5 Å². The summed E-state index contributed by atoms with van der Waals surface area (Å²) in [5.41, 5.74) is 2.91. The number of carbonyl (C=O) groups excluding carboxylic acids is 3. The van der Waals surface area contributed by atoms with Gasteiger partial charge in [-0.3, -0.25) is 14.5 Å². The van der Waals surface area contributed by atoms with Crippen LogP contribution in [-0.4, -0.2) is 29.1 Å². The van der Waals surface area contributed by atoms with Gasteiger partial charge in [0, 0.05) is 3.57 Å². The number of ether oxygens (including phenoxy) is 2. The van der Waals surface area contributed by atoms with E-state index in [9.17, 15) is 14.4 Å². The highest BCUT2D eigenvalue weighted by Crippen LogP contribution is 2.35. The van der Waals surface area contributed by atoms with E-state index < -0.39 is 5.97 Å². The van der Waals surface area contributed by atoms with Crippen LogP contribution in [0.25, 0.3) is 6.08 Å². The molecule has 0 radical (unpaired) electrons. The van der Waals surface area contributed by atoms with Crippen molar-refractivity contribution in [2.45, 2.75) is 13.5 Å². The largest absolute Gasteiger partial charge is 0.493 e. The quantitative estimate of drug-likeness (QED) is 0.152. The molecule has 4 rings (SSSR count). The fourth-order valence-electron chi connectivity index (χ4n) is 3.35. The normalized spacial score (nSPS) is 14.6. The molecule has 0 saturated carbocycles.